The summed E-state index contributed by atoms with van der Waals surface area (Å²) in [4.78, 5) is 35.7. The van der Waals surface area contributed by atoms with Gasteiger partial charge in [0.05, 0.1) is 27.7 Å². The number of phosphoric acid groups is 1. The lowest BCUT2D eigenvalue weighted by Gasteiger charge is -2.24. The Labute approximate surface area is 389 Å². The zero-order chi connectivity index (χ0) is 46.9. The number of esters is 2. The standard InChI is InChI=1S/C52H92NO10P/c1-8-10-26-32-46-40-44(3)49(61-46)34-28-22-18-14-12-13-15-21-25-31-37-52(55)63-48(43-60-64(56,57)59-39-38-53(5,6)7)42-58-51(54)36-30-24-20-17-16-19-23-29-35-50-45(4)41-47(62-50)33-27-11-9-2/h40-41,48H,8-39,42-43H2,1-7H3/p+1. The second-order valence-electron chi connectivity index (χ2n) is 19.3. The SMILES string of the molecule is CCCCCc1cc(C)c(CCCCCCCCCCCCC(=O)OC(COC(=O)CCCCCCCCCCc2oc(CCCCC)cc2C)COP(=O)(O)OCC[N+](C)(C)C)o1. The summed E-state index contributed by atoms with van der Waals surface area (Å²) in [7, 11) is 1.45. The first-order valence-electron chi connectivity index (χ1n) is 25.6. The van der Waals surface area contributed by atoms with Crippen molar-refractivity contribution in [2.24, 2.45) is 0 Å². The van der Waals surface area contributed by atoms with Crippen molar-refractivity contribution in [3.05, 3.63) is 46.3 Å². The zero-order valence-corrected chi connectivity index (χ0v) is 42.7. The Balaban J connectivity index is 1.59. The fraction of sp³-hybridized carbons (Fsp3) is 0.808. The van der Waals surface area contributed by atoms with Gasteiger partial charge in [0.25, 0.3) is 0 Å². The zero-order valence-electron chi connectivity index (χ0n) is 41.8. The second-order valence-corrected chi connectivity index (χ2v) is 20.8. The van der Waals surface area contributed by atoms with Crippen LogP contribution < -0.4 is 0 Å². The molecule has 0 bridgehead atoms. The van der Waals surface area contributed by atoms with Crippen molar-refractivity contribution in [3.8, 4) is 0 Å². The molecular formula is C52H93NO10P+. The molecule has 2 rings (SSSR count). The molecule has 11 nitrogen and oxygen atoms in total. The van der Waals surface area contributed by atoms with Gasteiger partial charge in [-0.05, 0) is 75.6 Å². The van der Waals surface area contributed by atoms with Crippen LogP contribution in [0.2, 0.25) is 0 Å². The summed E-state index contributed by atoms with van der Waals surface area (Å²) in [5.74, 6) is 3.77. The fourth-order valence-electron chi connectivity index (χ4n) is 7.87. The van der Waals surface area contributed by atoms with Gasteiger partial charge in [0.1, 0.15) is 42.8 Å². The fourth-order valence-corrected chi connectivity index (χ4v) is 8.61. The van der Waals surface area contributed by atoms with E-state index in [0.717, 1.165) is 94.3 Å². The Bertz CT molecular complexity index is 1540. The molecular weight excluding hydrogens is 830 g/mol. The molecule has 1 N–H and O–H groups in total. The molecule has 0 saturated heterocycles. The molecule has 0 fully saturated rings. The number of likely N-dealkylation sites (N-methyl/N-ethyl adjacent to an activating group) is 1. The number of furan rings is 2. The van der Waals surface area contributed by atoms with E-state index in [0.29, 0.717) is 17.4 Å². The van der Waals surface area contributed by atoms with E-state index in [1.807, 2.05) is 21.1 Å². The van der Waals surface area contributed by atoms with Gasteiger partial charge in [-0.25, -0.2) is 4.57 Å². The number of quaternary nitrogens is 1. The van der Waals surface area contributed by atoms with E-state index >= 15 is 0 Å². The van der Waals surface area contributed by atoms with E-state index in [1.54, 1.807) is 0 Å². The number of carbonyl (C=O) groups is 2. The van der Waals surface area contributed by atoms with E-state index in [9.17, 15) is 19.0 Å². The van der Waals surface area contributed by atoms with Crippen LogP contribution >= 0.6 is 7.82 Å². The maximum atomic E-state index is 12.8. The van der Waals surface area contributed by atoms with Crippen molar-refractivity contribution < 1.29 is 50.9 Å². The highest BCUT2D eigenvalue weighted by Gasteiger charge is 2.27. The van der Waals surface area contributed by atoms with Crippen LogP contribution in [0.4, 0.5) is 0 Å². The number of hydrogen-bond donors (Lipinski definition) is 1. The summed E-state index contributed by atoms with van der Waals surface area (Å²) in [6, 6.07) is 4.44. The molecule has 0 aliphatic carbocycles. The number of nitrogens with zero attached hydrogens (tertiary/aromatic N) is 1. The van der Waals surface area contributed by atoms with Gasteiger partial charge in [-0.3, -0.25) is 18.6 Å². The monoisotopic (exact) mass is 923 g/mol. The molecule has 2 aromatic heterocycles. The lowest BCUT2D eigenvalue weighted by Crippen LogP contribution is -2.37. The topological polar surface area (TPSA) is 135 Å². The van der Waals surface area contributed by atoms with Gasteiger partial charge in [0.2, 0.25) is 0 Å². The normalized spacial score (nSPS) is 13.3. The van der Waals surface area contributed by atoms with E-state index in [4.69, 9.17) is 27.4 Å². The van der Waals surface area contributed by atoms with Crippen molar-refractivity contribution in [2.45, 2.75) is 226 Å². The average molecular weight is 923 g/mol. The number of carbonyl (C=O) groups excluding carboxylic acids is 2. The predicted molar refractivity (Wildman–Crippen MR) is 259 cm³/mol. The van der Waals surface area contributed by atoms with E-state index < -0.39 is 26.5 Å². The number of phosphoric ester groups is 1. The smallest absolute Gasteiger partial charge is 0.466 e. The maximum absolute atomic E-state index is 12.8. The van der Waals surface area contributed by atoms with Crippen LogP contribution in [0.15, 0.2) is 21.0 Å². The molecule has 2 atom stereocenters. The predicted octanol–water partition coefficient (Wildman–Crippen LogP) is 13.8. The molecule has 0 saturated carbocycles. The van der Waals surface area contributed by atoms with Crippen LogP contribution in [-0.2, 0) is 58.4 Å². The number of ether oxygens (including phenoxy) is 2. The highest BCUT2D eigenvalue weighted by atomic mass is 31.2. The molecule has 0 amide bonds. The highest BCUT2D eigenvalue weighted by Crippen LogP contribution is 2.43. The van der Waals surface area contributed by atoms with Crippen LogP contribution in [-0.4, -0.2) is 74.9 Å². The maximum Gasteiger partial charge on any atom is 0.472 e. The molecule has 0 spiro atoms. The van der Waals surface area contributed by atoms with Crippen molar-refractivity contribution in [2.75, 3.05) is 47.5 Å². The van der Waals surface area contributed by atoms with Crippen molar-refractivity contribution in [1.29, 1.82) is 0 Å². The van der Waals surface area contributed by atoms with Crippen LogP contribution in [0.1, 0.15) is 215 Å². The van der Waals surface area contributed by atoms with E-state index in [-0.39, 0.29) is 32.0 Å². The molecule has 2 unspecified atom stereocenters. The van der Waals surface area contributed by atoms with Gasteiger partial charge < -0.3 is 27.7 Å². The van der Waals surface area contributed by atoms with Crippen LogP contribution in [0, 0.1) is 13.8 Å². The molecule has 370 valence electrons. The minimum absolute atomic E-state index is 0.0223. The molecule has 0 aromatic carbocycles. The minimum Gasteiger partial charge on any atom is -0.466 e. The number of hydrogen-bond acceptors (Lipinski definition) is 9. The number of rotatable bonds is 42. The van der Waals surface area contributed by atoms with Gasteiger partial charge in [0.15, 0.2) is 6.10 Å². The Morgan fingerprint density at radius 3 is 1.42 bits per heavy atom. The first-order valence-corrected chi connectivity index (χ1v) is 27.1. The Morgan fingerprint density at radius 1 is 0.578 bits per heavy atom. The molecule has 0 aliphatic rings. The average Bonchev–Trinajstić information content (AvgIpc) is 3.78. The van der Waals surface area contributed by atoms with Crippen molar-refractivity contribution in [3.63, 3.8) is 0 Å². The third-order valence-electron chi connectivity index (χ3n) is 11.9. The van der Waals surface area contributed by atoms with Crippen molar-refractivity contribution in [1.82, 2.24) is 0 Å². The second kappa shape index (κ2) is 34.8. The van der Waals surface area contributed by atoms with Crippen LogP contribution in [0.25, 0.3) is 0 Å². The molecule has 64 heavy (non-hydrogen) atoms. The van der Waals surface area contributed by atoms with Gasteiger partial charge in [-0.15, -0.1) is 0 Å². The largest absolute Gasteiger partial charge is 0.472 e. The Kier molecular flexibility index (Phi) is 31.4. The molecule has 0 aliphatic heterocycles. The van der Waals surface area contributed by atoms with Crippen molar-refractivity contribution >= 4 is 19.8 Å². The van der Waals surface area contributed by atoms with E-state index in [1.165, 1.54) is 113 Å². The lowest BCUT2D eigenvalue weighted by molar-refractivity contribution is -0.870. The van der Waals surface area contributed by atoms with Gasteiger partial charge >= 0.3 is 19.8 Å². The number of aryl methyl sites for hydroxylation is 6. The van der Waals surface area contributed by atoms with Gasteiger partial charge in [-0.1, -0.05) is 129 Å². The molecule has 2 aromatic rings. The highest BCUT2D eigenvalue weighted by molar-refractivity contribution is 7.47. The summed E-state index contributed by atoms with van der Waals surface area (Å²) < 4.78 is 46.8. The summed E-state index contributed by atoms with van der Waals surface area (Å²) >= 11 is 0. The van der Waals surface area contributed by atoms with Gasteiger partial charge in [-0.2, -0.15) is 0 Å². The Morgan fingerprint density at radius 2 is 0.984 bits per heavy atom. The molecule has 0 radical (unpaired) electrons. The van der Waals surface area contributed by atoms with Crippen LogP contribution in [0.3, 0.4) is 0 Å². The Hall–Kier alpha value is -2.43. The number of unbranched alkanes of at least 4 members (excludes halogenated alkanes) is 20. The van der Waals surface area contributed by atoms with E-state index in [2.05, 4.69) is 39.8 Å². The summed E-state index contributed by atoms with van der Waals surface area (Å²) in [6.45, 7) is 8.64. The summed E-state index contributed by atoms with van der Waals surface area (Å²) in [6.07, 6.45) is 30.7. The third-order valence-corrected chi connectivity index (χ3v) is 12.9. The van der Waals surface area contributed by atoms with Gasteiger partial charge in [0, 0.05) is 38.5 Å². The first kappa shape index (κ1) is 57.7. The molecule has 12 heteroatoms. The minimum atomic E-state index is -4.40. The summed E-state index contributed by atoms with van der Waals surface area (Å²) in [5, 5.41) is 0. The van der Waals surface area contributed by atoms with Crippen LogP contribution in [0.5, 0.6) is 0 Å². The third kappa shape index (κ3) is 30.0. The lowest BCUT2D eigenvalue weighted by atomic mass is 10.0. The summed E-state index contributed by atoms with van der Waals surface area (Å²) in [5.41, 5.74) is 2.58. The first-order chi connectivity index (χ1) is 30.7. The quantitative estimate of drug-likeness (QED) is 0.0297. The molecule has 2 heterocycles.